The molecule has 0 aliphatic rings. The van der Waals surface area contributed by atoms with Gasteiger partial charge in [0.15, 0.2) is 11.5 Å². The summed E-state index contributed by atoms with van der Waals surface area (Å²) in [5.41, 5.74) is 0.611. The summed E-state index contributed by atoms with van der Waals surface area (Å²) >= 11 is 0. The van der Waals surface area contributed by atoms with Gasteiger partial charge in [0.25, 0.3) is 0 Å². The molecule has 6 aromatic rings. The van der Waals surface area contributed by atoms with Gasteiger partial charge in [-0.25, -0.2) is 25.3 Å². The molecule has 0 unspecified atom stereocenters. The molecular formula is C34H23N4Na3O13S3. The molecule has 0 radical (unpaired) electrons. The van der Waals surface area contributed by atoms with Gasteiger partial charge in [0.2, 0.25) is 0 Å². The van der Waals surface area contributed by atoms with Crippen LogP contribution in [0.1, 0.15) is 0 Å². The molecule has 0 heterocycles. The molecule has 17 nitrogen and oxygen atoms in total. The zero-order chi connectivity index (χ0) is 39.2. The van der Waals surface area contributed by atoms with E-state index in [1.807, 2.05) is 0 Å². The number of phenolic OH excluding ortho intramolecular Hbond substituents is 2. The number of hydrogen-bond acceptors (Lipinski definition) is 17. The molecule has 57 heavy (non-hydrogen) atoms. The van der Waals surface area contributed by atoms with Crippen molar-refractivity contribution in [2.45, 2.75) is 14.7 Å². The van der Waals surface area contributed by atoms with Gasteiger partial charge in [-0.15, -0.1) is 20.5 Å². The molecule has 278 valence electrons. The molecule has 2 N–H and O–H groups in total. The van der Waals surface area contributed by atoms with Crippen LogP contribution in [-0.4, -0.2) is 63.3 Å². The van der Waals surface area contributed by atoms with Crippen molar-refractivity contribution in [3.05, 3.63) is 91.0 Å². The molecule has 6 aromatic carbocycles. The van der Waals surface area contributed by atoms with Crippen LogP contribution < -0.4 is 98.1 Å². The zero-order valence-corrected chi connectivity index (χ0v) is 39.0. The number of azo groups is 2. The fourth-order valence-corrected chi connectivity index (χ4v) is 7.28. The second kappa shape index (κ2) is 18.9. The Morgan fingerprint density at radius 3 is 1.53 bits per heavy atom. The average Bonchev–Trinajstić information content (AvgIpc) is 3.12. The molecule has 0 aromatic heterocycles. The topological polar surface area (TPSA) is 280 Å². The maximum absolute atomic E-state index is 12.0. The van der Waals surface area contributed by atoms with Crippen LogP contribution in [0.25, 0.3) is 32.7 Å². The number of phenols is 2. The van der Waals surface area contributed by atoms with Crippen molar-refractivity contribution in [1.29, 1.82) is 0 Å². The normalized spacial score (nSPS) is 11.9. The smallest absolute Gasteiger partial charge is 0.744 e. The molecule has 0 aliphatic heterocycles. The van der Waals surface area contributed by atoms with Gasteiger partial charge in [-0.05, 0) is 65.0 Å². The predicted octanol–water partition coefficient (Wildman–Crippen LogP) is -2.36. The molecule has 0 fully saturated rings. The molecular weight excluding hydrogens is 838 g/mol. The Labute approximate surface area is 392 Å². The first-order chi connectivity index (χ1) is 25.4. The number of benzene rings is 6. The van der Waals surface area contributed by atoms with E-state index in [0.717, 1.165) is 30.3 Å². The Bertz CT molecular complexity index is 2930. The van der Waals surface area contributed by atoms with Crippen molar-refractivity contribution in [3.8, 4) is 34.1 Å². The van der Waals surface area contributed by atoms with Crippen LogP contribution in [0, 0.1) is 0 Å². The van der Waals surface area contributed by atoms with Crippen LogP contribution in [0.15, 0.2) is 126 Å². The monoisotopic (exact) mass is 860 g/mol. The van der Waals surface area contributed by atoms with Gasteiger partial charge < -0.3 is 33.3 Å². The standard InChI is InChI=1S/C34H26N4O13S3.3Na/c1-50-28-14-18(7-11-25(28)35-37-27-17-30(53(44,45)46)23-5-3-4-6-24(23)33(27)39)19-8-12-26(29(15-19)51-2)36-38-32-22-10-9-21(52(41,42)43)13-20(22)16-31(34(32)40)54(47,48)49;;;/h3-17,39-40H,1-2H3,(H,41,42,43)(H,44,45,46)(H,47,48,49);;;/q;3*+1/p-3. The third kappa shape index (κ3) is 10.4. The molecule has 0 saturated carbocycles. The first kappa shape index (κ1) is 48.3. The van der Waals surface area contributed by atoms with Gasteiger partial charge in [0.1, 0.15) is 64.6 Å². The summed E-state index contributed by atoms with van der Waals surface area (Å²) < 4.78 is 117. The van der Waals surface area contributed by atoms with E-state index in [-0.39, 0.29) is 139 Å². The summed E-state index contributed by atoms with van der Waals surface area (Å²) in [5.74, 6) is -1.09. The van der Waals surface area contributed by atoms with E-state index in [1.165, 1.54) is 44.6 Å². The Kier molecular flexibility index (Phi) is 16.0. The van der Waals surface area contributed by atoms with E-state index in [0.29, 0.717) is 11.1 Å². The molecule has 23 heteroatoms. The largest absolute Gasteiger partial charge is 1.00 e. The number of nitrogens with zero attached hydrogens (tertiary/aromatic N) is 4. The van der Waals surface area contributed by atoms with Crippen molar-refractivity contribution >= 4 is 74.6 Å². The van der Waals surface area contributed by atoms with Gasteiger partial charge in [0.05, 0.1) is 28.9 Å². The quantitative estimate of drug-likeness (QED) is 0.0830. The van der Waals surface area contributed by atoms with Gasteiger partial charge in [0, 0.05) is 16.2 Å². The van der Waals surface area contributed by atoms with E-state index in [1.54, 1.807) is 30.3 Å². The van der Waals surface area contributed by atoms with Gasteiger partial charge in [-0.1, -0.05) is 42.5 Å². The summed E-state index contributed by atoms with van der Waals surface area (Å²) in [6.07, 6.45) is 0. The Balaban J connectivity index is 0.00000290. The van der Waals surface area contributed by atoms with E-state index in [2.05, 4.69) is 20.5 Å². The minimum absolute atomic E-state index is 0. The molecule has 6 rings (SSSR count). The Morgan fingerprint density at radius 1 is 0.509 bits per heavy atom. The van der Waals surface area contributed by atoms with E-state index >= 15 is 0 Å². The summed E-state index contributed by atoms with van der Waals surface area (Å²) in [5, 5.41) is 37.5. The van der Waals surface area contributed by atoms with Crippen molar-refractivity contribution in [3.63, 3.8) is 0 Å². The van der Waals surface area contributed by atoms with Crippen LogP contribution in [0.3, 0.4) is 0 Å². The van der Waals surface area contributed by atoms with Crippen molar-refractivity contribution < 1.29 is 147 Å². The zero-order valence-electron chi connectivity index (χ0n) is 30.6. The third-order valence-corrected chi connectivity index (χ3v) is 10.6. The maximum Gasteiger partial charge on any atom is 1.00 e. The Hall–Kier alpha value is -3.03. The molecule has 0 bridgehead atoms. The van der Waals surface area contributed by atoms with Crippen LogP contribution >= 0.6 is 0 Å². The van der Waals surface area contributed by atoms with Crippen molar-refractivity contribution in [2.75, 3.05) is 14.2 Å². The van der Waals surface area contributed by atoms with E-state index in [9.17, 15) is 49.1 Å². The third-order valence-electron chi connectivity index (χ3n) is 8.02. The fraction of sp³-hybridized carbons (Fsp3) is 0.0588. The average molecular weight is 861 g/mol. The number of hydrogen-bond donors (Lipinski definition) is 2. The summed E-state index contributed by atoms with van der Waals surface area (Å²) in [4.78, 5) is -2.40. The first-order valence-electron chi connectivity index (χ1n) is 15.0. The number of ether oxygens (including phenoxy) is 2. The number of aromatic hydroxyl groups is 2. The fourth-order valence-electron chi connectivity index (χ4n) is 5.46. The van der Waals surface area contributed by atoms with Gasteiger partial charge in [-0.3, -0.25) is 0 Å². The minimum Gasteiger partial charge on any atom is -0.744 e. The van der Waals surface area contributed by atoms with Crippen molar-refractivity contribution in [1.82, 2.24) is 0 Å². The Morgan fingerprint density at radius 2 is 1.02 bits per heavy atom. The van der Waals surface area contributed by atoms with Crippen LogP contribution in [0.2, 0.25) is 0 Å². The summed E-state index contributed by atoms with van der Waals surface area (Å²) in [7, 11) is -12.5. The SMILES string of the molecule is COc1cc(-c2ccc(N=Nc3c(O)c(S(=O)(=O)[O-])cc4cc(S(=O)(=O)[O-])ccc34)c(OC)c2)ccc1N=Nc1cc(S(=O)(=O)[O-])c2ccccc2c1O.[Na+].[Na+].[Na+]. The molecule has 0 aliphatic carbocycles. The van der Waals surface area contributed by atoms with Crippen LogP contribution in [0.5, 0.6) is 23.0 Å². The number of fused-ring (bicyclic) bond motifs is 2. The first-order valence-corrected chi connectivity index (χ1v) is 19.2. The molecule has 0 saturated heterocycles. The van der Waals surface area contributed by atoms with E-state index in [4.69, 9.17) is 9.47 Å². The molecule has 0 atom stereocenters. The number of methoxy groups -OCH3 is 2. The number of rotatable bonds is 10. The minimum atomic E-state index is -5.29. The second-order valence-corrected chi connectivity index (χ2v) is 15.4. The van der Waals surface area contributed by atoms with Gasteiger partial charge >= 0.3 is 88.7 Å². The predicted molar refractivity (Wildman–Crippen MR) is 188 cm³/mol. The van der Waals surface area contributed by atoms with Gasteiger partial charge in [-0.2, -0.15) is 0 Å². The molecule has 0 spiro atoms. The van der Waals surface area contributed by atoms with Crippen LogP contribution in [0.4, 0.5) is 22.7 Å². The van der Waals surface area contributed by atoms with Crippen LogP contribution in [-0.2, 0) is 30.4 Å². The van der Waals surface area contributed by atoms with Crippen molar-refractivity contribution in [2.24, 2.45) is 20.5 Å². The second-order valence-electron chi connectivity index (χ2n) is 11.3. The summed E-state index contributed by atoms with van der Waals surface area (Å²) in [6.45, 7) is 0. The molecule has 0 amide bonds. The maximum atomic E-state index is 12.0. The van der Waals surface area contributed by atoms with E-state index < -0.39 is 62.2 Å². The summed E-state index contributed by atoms with van der Waals surface area (Å²) in [6, 6.07) is 19.8.